The largest absolute Gasteiger partial charge is 0.488 e. The summed E-state index contributed by atoms with van der Waals surface area (Å²) in [5.74, 6) is 0.637. The van der Waals surface area contributed by atoms with Gasteiger partial charge in [-0.25, -0.2) is 5.43 Å². The van der Waals surface area contributed by atoms with Gasteiger partial charge in [0.1, 0.15) is 12.4 Å². The summed E-state index contributed by atoms with van der Waals surface area (Å²) in [7, 11) is 0. The molecule has 0 unspecified atom stereocenters. The number of nitrogens with one attached hydrogen (secondary N) is 1. The SMILES string of the molecule is Cc1ccc(C(=O)N/N=C\c2cc(C)c(OCc3ccc(Br)cc3)c(C)c2)cc1. The van der Waals surface area contributed by atoms with Gasteiger partial charge in [0.15, 0.2) is 0 Å². The molecule has 0 bridgehead atoms. The molecule has 1 N–H and O–H groups in total. The highest BCUT2D eigenvalue weighted by Gasteiger charge is 2.07. The number of rotatable bonds is 6. The summed E-state index contributed by atoms with van der Waals surface area (Å²) >= 11 is 3.44. The van der Waals surface area contributed by atoms with Crippen molar-refractivity contribution in [3.8, 4) is 5.75 Å². The van der Waals surface area contributed by atoms with Gasteiger partial charge in [-0.2, -0.15) is 5.10 Å². The van der Waals surface area contributed by atoms with Crippen molar-refractivity contribution in [2.75, 3.05) is 0 Å². The Kier molecular flexibility index (Phi) is 6.83. The van der Waals surface area contributed by atoms with Gasteiger partial charge >= 0.3 is 0 Å². The molecule has 1 amide bonds. The first-order valence-corrected chi connectivity index (χ1v) is 10.1. The molecule has 3 aromatic rings. The van der Waals surface area contributed by atoms with Crippen molar-refractivity contribution >= 4 is 28.1 Å². The number of hydrazone groups is 1. The second-order valence-electron chi connectivity index (χ2n) is 6.96. The smallest absolute Gasteiger partial charge is 0.271 e. The van der Waals surface area contributed by atoms with E-state index in [0.29, 0.717) is 12.2 Å². The summed E-state index contributed by atoms with van der Waals surface area (Å²) < 4.78 is 7.08. The van der Waals surface area contributed by atoms with Crippen LogP contribution in [0.25, 0.3) is 0 Å². The van der Waals surface area contributed by atoms with Gasteiger partial charge in [0.25, 0.3) is 5.91 Å². The summed E-state index contributed by atoms with van der Waals surface area (Å²) in [5.41, 5.74) is 8.31. The second kappa shape index (κ2) is 9.52. The second-order valence-corrected chi connectivity index (χ2v) is 7.88. The van der Waals surface area contributed by atoms with Gasteiger partial charge in [0.2, 0.25) is 0 Å². The van der Waals surface area contributed by atoms with E-state index in [1.165, 1.54) is 0 Å². The minimum Gasteiger partial charge on any atom is -0.488 e. The zero-order valence-electron chi connectivity index (χ0n) is 16.7. The lowest BCUT2D eigenvalue weighted by atomic mass is 10.1. The van der Waals surface area contributed by atoms with Crippen LogP contribution in [0, 0.1) is 20.8 Å². The number of carbonyl (C=O) groups is 1. The number of amides is 1. The highest BCUT2D eigenvalue weighted by molar-refractivity contribution is 9.10. The lowest BCUT2D eigenvalue weighted by Crippen LogP contribution is -2.17. The molecule has 0 fully saturated rings. The van der Waals surface area contributed by atoms with E-state index >= 15 is 0 Å². The van der Waals surface area contributed by atoms with E-state index in [4.69, 9.17) is 4.74 Å². The van der Waals surface area contributed by atoms with Crippen molar-refractivity contribution in [1.82, 2.24) is 5.43 Å². The molecule has 29 heavy (non-hydrogen) atoms. The summed E-state index contributed by atoms with van der Waals surface area (Å²) in [4.78, 5) is 12.1. The third-order valence-corrected chi connectivity index (χ3v) is 5.00. The van der Waals surface area contributed by atoms with Gasteiger partial charge < -0.3 is 4.74 Å². The maximum Gasteiger partial charge on any atom is 0.271 e. The molecule has 0 saturated heterocycles. The lowest BCUT2D eigenvalue weighted by Gasteiger charge is -2.13. The Morgan fingerprint density at radius 1 is 1.00 bits per heavy atom. The highest BCUT2D eigenvalue weighted by Crippen LogP contribution is 2.25. The predicted octanol–water partition coefficient (Wildman–Crippen LogP) is 5.72. The molecule has 0 aliphatic heterocycles. The van der Waals surface area contributed by atoms with Crippen LogP contribution in [-0.4, -0.2) is 12.1 Å². The van der Waals surface area contributed by atoms with Crippen LogP contribution in [0.2, 0.25) is 0 Å². The normalized spacial score (nSPS) is 10.9. The maximum absolute atomic E-state index is 12.1. The van der Waals surface area contributed by atoms with Gasteiger partial charge in [-0.15, -0.1) is 0 Å². The van der Waals surface area contributed by atoms with Crippen LogP contribution >= 0.6 is 15.9 Å². The molecule has 0 radical (unpaired) electrons. The van der Waals surface area contributed by atoms with Crippen LogP contribution in [-0.2, 0) is 6.61 Å². The molecule has 0 aliphatic rings. The average Bonchev–Trinajstić information content (AvgIpc) is 2.69. The Labute approximate surface area is 179 Å². The Morgan fingerprint density at radius 3 is 2.24 bits per heavy atom. The Bertz CT molecular complexity index is 1000. The molecule has 148 valence electrons. The topological polar surface area (TPSA) is 50.7 Å². The zero-order valence-corrected chi connectivity index (χ0v) is 18.3. The number of aryl methyl sites for hydroxylation is 3. The fourth-order valence-electron chi connectivity index (χ4n) is 2.96. The van der Waals surface area contributed by atoms with Crippen LogP contribution < -0.4 is 10.2 Å². The van der Waals surface area contributed by atoms with Gasteiger partial charge in [-0.3, -0.25) is 4.79 Å². The molecule has 0 heterocycles. The third kappa shape index (κ3) is 5.78. The number of ether oxygens (including phenoxy) is 1. The van der Waals surface area contributed by atoms with Crippen molar-refractivity contribution < 1.29 is 9.53 Å². The first-order chi connectivity index (χ1) is 13.9. The van der Waals surface area contributed by atoms with Crippen LogP contribution in [0.15, 0.2) is 70.2 Å². The molecule has 4 nitrogen and oxygen atoms in total. The molecular formula is C24H23BrN2O2. The van der Waals surface area contributed by atoms with Crippen molar-refractivity contribution in [3.63, 3.8) is 0 Å². The maximum atomic E-state index is 12.1. The fraction of sp³-hybridized carbons (Fsp3) is 0.167. The van der Waals surface area contributed by atoms with Crippen molar-refractivity contribution in [3.05, 3.63) is 98.5 Å². The number of halogens is 1. The van der Waals surface area contributed by atoms with E-state index < -0.39 is 0 Å². The molecule has 5 heteroatoms. The van der Waals surface area contributed by atoms with E-state index in [0.717, 1.165) is 38.0 Å². The molecule has 0 saturated carbocycles. The van der Waals surface area contributed by atoms with Crippen LogP contribution in [0.1, 0.15) is 38.2 Å². The van der Waals surface area contributed by atoms with Gasteiger partial charge in [0, 0.05) is 10.0 Å². The Morgan fingerprint density at radius 2 is 1.62 bits per heavy atom. The quantitative estimate of drug-likeness (QED) is 0.385. The molecular weight excluding hydrogens is 428 g/mol. The van der Waals surface area contributed by atoms with E-state index in [1.807, 2.05) is 69.3 Å². The minimum atomic E-state index is -0.232. The van der Waals surface area contributed by atoms with E-state index in [2.05, 4.69) is 26.5 Å². The summed E-state index contributed by atoms with van der Waals surface area (Å²) in [6.07, 6.45) is 1.64. The van der Waals surface area contributed by atoms with Gasteiger partial charge in [0.05, 0.1) is 6.21 Å². The molecule has 3 aromatic carbocycles. The van der Waals surface area contributed by atoms with Crippen LogP contribution in [0.5, 0.6) is 5.75 Å². The first-order valence-electron chi connectivity index (χ1n) is 9.31. The van der Waals surface area contributed by atoms with E-state index in [-0.39, 0.29) is 5.91 Å². The average molecular weight is 451 g/mol. The molecule has 0 aliphatic carbocycles. The third-order valence-electron chi connectivity index (χ3n) is 4.47. The molecule has 0 aromatic heterocycles. The fourth-order valence-corrected chi connectivity index (χ4v) is 3.22. The highest BCUT2D eigenvalue weighted by atomic mass is 79.9. The summed E-state index contributed by atoms with van der Waals surface area (Å²) in [6.45, 7) is 6.50. The first kappa shape index (κ1) is 20.8. The standard InChI is InChI=1S/C24H23BrN2O2/c1-16-4-8-21(9-5-16)24(28)27-26-14-20-12-17(2)23(18(3)13-20)29-15-19-6-10-22(25)11-7-19/h4-14H,15H2,1-3H3,(H,27,28)/b26-14-. The Balaban J connectivity index is 1.63. The lowest BCUT2D eigenvalue weighted by molar-refractivity contribution is 0.0955. The van der Waals surface area contributed by atoms with Gasteiger partial charge in [-0.1, -0.05) is 45.8 Å². The number of hydrogen-bond acceptors (Lipinski definition) is 3. The van der Waals surface area contributed by atoms with Crippen LogP contribution in [0.4, 0.5) is 0 Å². The number of hydrogen-bond donors (Lipinski definition) is 1. The van der Waals surface area contributed by atoms with Crippen molar-refractivity contribution in [1.29, 1.82) is 0 Å². The van der Waals surface area contributed by atoms with E-state index in [9.17, 15) is 4.79 Å². The number of benzene rings is 3. The van der Waals surface area contributed by atoms with E-state index in [1.54, 1.807) is 18.3 Å². The molecule has 0 atom stereocenters. The minimum absolute atomic E-state index is 0.232. The van der Waals surface area contributed by atoms with Crippen LogP contribution in [0.3, 0.4) is 0 Å². The monoisotopic (exact) mass is 450 g/mol. The van der Waals surface area contributed by atoms with Gasteiger partial charge in [-0.05, 0) is 79.4 Å². The number of carbonyl (C=O) groups excluding carboxylic acids is 1. The zero-order chi connectivity index (χ0) is 20.8. The number of nitrogens with zero attached hydrogens (tertiary/aromatic N) is 1. The van der Waals surface area contributed by atoms with Crippen molar-refractivity contribution in [2.24, 2.45) is 5.10 Å². The predicted molar refractivity (Wildman–Crippen MR) is 121 cm³/mol. The Hall–Kier alpha value is -2.92. The summed E-state index contributed by atoms with van der Waals surface area (Å²) in [6, 6.07) is 19.4. The summed E-state index contributed by atoms with van der Waals surface area (Å²) in [5, 5.41) is 4.08. The molecule has 3 rings (SSSR count). The van der Waals surface area contributed by atoms with Crippen molar-refractivity contribution in [2.45, 2.75) is 27.4 Å². The molecule has 0 spiro atoms.